The van der Waals surface area contributed by atoms with E-state index in [4.69, 9.17) is 9.72 Å². The lowest BCUT2D eigenvalue weighted by Crippen LogP contribution is -2.22. The second kappa shape index (κ2) is 12.0. The molecule has 0 bridgehead atoms. The molecule has 0 saturated heterocycles. The summed E-state index contributed by atoms with van der Waals surface area (Å²) in [6, 6.07) is 15.4. The Morgan fingerprint density at radius 3 is 2.60 bits per heavy atom. The zero-order chi connectivity index (χ0) is 24.6. The molecule has 0 radical (unpaired) electrons. The van der Waals surface area contributed by atoms with Gasteiger partial charge in [0.25, 0.3) is 5.56 Å². The topological polar surface area (TPSA) is 73.2 Å². The predicted molar refractivity (Wildman–Crippen MR) is 140 cm³/mol. The molecular weight excluding hydrogens is 485 g/mol. The normalized spacial score (nSPS) is 11.0. The fraction of sp³-hybridized carbons (Fsp3) is 0.269. The summed E-state index contributed by atoms with van der Waals surface area (Å²) < 4.78 is 20.7. The molecule has 0 aliphatic heterocycles. The molecule has 0 aliphatic carbocycles. The van der Waals surface area contributed by atoms with E-state index < -0.39 is 0 Å². The van der Waals surface area contributed by atoms with Crippen molar-refractivity contribution in [2.75, 3.05) is 12.4 Å². The van der Waals surface area contributed by atoms with Crippen LogP contribution in [0.15, 0.2) is 69.9 Å². The molecule has 4 aromatic rings. The average molecular weight is 512 g/mol. The molecule has 0 fully saturated rings. The van der Waals surface area contributed by atoms with Crippen LogP contribution in [0.4, 0.5) is 10.1 Å². The zero-order valence-corrected chi connectivity index (χ0v) is 21.0. The molecule has 1 amide bonds. The number of rotatable bonds is 11. The number of carbonyl (C=O) groups is 1. The van der Waals surface area contributed by atoms with Crippen molar-refractivity contribution >= 4 is 44.9 Å². The van der Waals surface area contributed by atoms with Crippen LogP contribution in [-0.4, -0.2) is 22.6 Å². The largest absolute Gasteiger partial charge is 0.497 e. The van der Waals surface area contributed by atoms with Gasteiger partial charge >= 0.3 is 0 Å². The smallest absolute Gasteiger partial charge is 0.272 e. The van der Waals surface area contributed by atoms with Gasteiger partial charge < -0.3 is 10.1 Å². The maximum Gasteiger partial charge on any atom is 0.272 e. The highest BCUT2D eigenvalue weighted by Gasteiger charge is 2.13. The fourth-order valence-electron chi connectivity index (χ4n) is 3.59. The number of nitrogens with one attached hydrogen (secondary N) is 1. The van der Waals surface area contributed by atoms with E-state index in [0.717, 1.165) is 36.3 Å². The summed E-state index contributed by atoms with van der Waals surface area (Å²) in [5, 5.41) is 5.42. The summed E-state index contributed by atoms with van der Waals surface area (Å²) in [6.07, 6.45) is 2.71. The van der Waals surface area contributed by atoms with Gasteiger partial charge in [0.05, 0.1) is 12.6 Å². The third kappa shape index (κ3) is 6.70. The highest BCUT2D eigenvalue weighted by molar-refractivity contribution is 7.98. The van der Waals surface area contributed by atoms with Gasteiger partial charge in [-0.25, -0.2) is 9.37 Å². The van der Waals surface area contributed by atoms with Crippen molar-refractivity contribution in [1.82, 2.24) is 9.55 Å². The number of fused-ring (bicyclic) bond motifs is 1. The minimum absolute atomic E-state index is 0.0375. The van der Waals surface area contributed by atoms with Gasteiger partial charge in [0.2, 0.25) is 5.91 Å². The molecule has 182 valence electrons. The second-order valence-electron chi connectivity index (χ2n) is 7.99. The molecule has 4 rings (SSSR count). The first-order valence-corrected chi connectivity index (χ1v) is 13.2. The van der Waals surface area contributed by atoms with E-state index in [0.29, 0.717) is 34.1 Å². The van der Waals surface area contributed by atoms with Crippen LogP contribution in [0, 0.1) is 5.82 Å². The first-order valence-electron chi connectivity index (χ1n) is 11.3. The molecule has 0 spiro atoms. The molecule has 0 unspecified atom stereocenters. The molecule has 2 aromatic heterocycles. The maximum absolute atomic E-state index is 13.2. The van der Waals surface area contributed by atoms with E-state index >= 15 is 0 Å². The summed E-state index contributed by atoms with van der Waals surface area (Å²) in [5.74, 6) is 1.02. The Morgan fingerprint density at radius 2 is 1.86 bits per heavy atom. The molecular formula is C26H26FN3O3S2. The van der Waals surface area contributed by atoms with Crippen LogP contribution in [0.1, 0.15) is 31.2 Å². The number of halogens is 1. The van der Waals surface area contributed by atoms with Gasteiger partial charge in [0.15, 0.2) is 5.16 Å². The van der Waals surface area contributed by atoms with Crippen molar-refractivity contribution < 1.29 is 13.9 Å². The van der Waals surface area contributed by atoms with Crippen molar-refractivity contribution in [3.8, 4) is 5.75 Å². The number of nitrogens with zero attached hydrogens (tertiary/aromatic N) is 2. The van der Waals surface area contributed by atoms with Gasteiger partial charge in [0.1, 0.15) is 16.3 Å². The molecule has 0 aliphatic rings. The Labute approximate surface area is 211 Å². The fourth-order valence-corrected chi connectivity index (χ4v) is 5.35. The number of thioether (sulfide) groups is 1. The lowest BCUT2D eigenvalue weighted by molar-refractivity contribution is -0.116. The van der Waals surface area contributed by atoms with Gasteiger partial charge in [-0.05, 0) is 66.2 Å². The molecule has 2 heterocycles. The third-order valence-corrected chi connectivity index (χ3v) is 7.41. The van der Waals surface area contributed by atoms with E-state index in [1.165, 1.54) is 35.2 Å². The minimum atomic E-state index is -0.272. The summed E-state index contributed by atoms with van der Waals surface area (Å²) >= 11 is 2.87. The molecule has 35 heavy (non-hydrogen) atoms. The van der Waals surface area contributed by atoms with Crippen LogP contribution >= 0.6 is 23.1 Å². The standard InChI is InChI=1S/C26H26FN3O3S2/c1-33-21-12-10-20(11-13-21)28-23(31)5-3-2-4-15-30-25(32)24-22(14-16-34-24)29-26(30)35-17-18-6-8-19(27)9-7-18/h6-14,16H,2-5,15,17H2,1H3,(H,28,31). The van der Waals surface area contributed by atoms with Crippen LogP contribution in [0.25, 0.3) is 10.2 Å². The number of amides is 1. The van der Waals surface area contributed by atoms with E-state index in [1.54, 1.807) is 35.9 Å². The van der Waals surface area contributed by atoms with Crippen LogP contribution in [0.5, 0.6) is 5.75 Å². The number of hydrogen-bond donors (Lipinski definition) is 1. The van der Waals surface area contributed by atoms with Crippen molar-refractivity contribution in [1.29, 1.82) is 0 Å². The number of anilines is 1. The number of ether oxygens (including phenoxy) is 1. The number of carbonyl (C=O) groups excluding carboxylic acids is 1. The summed E-state index contributed by atoms with van der Waals surface area (Å²) in [4.78, 5) is 30.0. The van der Waals surface area contributed by atoms with Crippen molar-refractivity contribution in [3.63, 3.8) is 0 Å². The number of methoxy groups -OCH3 is 1. The predicted octanol–water partition coefficient (Wildman–Crippen LogP) is 6.10. The van der Waals surface area contributed by atoms with Crippen LogP contribution in [0.2, 0.25) is 0 Å². The Kier molecular flexibility index (Phi) is 8.54. The van der Waals surface area contributed by atoms with E-state index in [9.17, 15) is 14.0 Å². The highest BCUT2D eigenvalue weighted by atomic mass is 32.2. The Balaban J connectivity index is 1.32. The first kappa shape index (κ1) is 24.9. The molecule has 2 aromatic carbocycles. The van der Waals surface area contributed by atoms with E-state index in [1.807, 2.05) is 23.6 Å². The Hall–Kier alpha value is -3.17. The van der Waals surface area contributed by atoms with E-state index in [2.05, 4.69) is 5.32 Å². The summed E-state index contributed by atoms with van der Waals surface area (Å²) in [6.45, 7) is 0.533. The van der Waals surface area contributed by atoms with Crippen LogP contribution in [0.3, 0.4) is 0 Å². The van der Waals surface area contributed by atoms with Gasteiger partial charge in [-0.15, -0.1) is 11.3 Å². The van der Waals surface area contributed by atoms with Gasteiger partial charge in [-0.2, -0.15) is 0 Å². The SMILES string of the molecule is COc1ccc(NC(=O)CCCCCn2c(SCc3ccc(F)cc3)nc3ccsc3c2=O)cc1. The molecule has 1 N–H and O–H groups in total. The number of unbranched alkanes of at least 4 members (excludes halogenated alkanes) is 2. The monoisotopic (exact) mass is 511 g/mol. The average Bonchev–Trinajstić information content (AvgIpc) is 3.34. The van der Waals surface area contributed by atoms with Crippen molar-refractivity contribution in [2.45, 2.75) is 43.1 Å². The zero-order valence-electron chi connectivity index (χ0n) is 19.3. The molecule has 0 saturated carbocycles. The quantitative estimate of drug-likeness (QED) is 0.150. The van der Waals surface area contributed by atoms with Gasteiger partial charge in [-0.3, -0.25) is 14.2 Å². The van der Waals surface area contributed by atoms with Crippen LogP contribution in [-0.2, 0) is 17.1 Å². The van der Waals surface area contributed by atoms with Crippen molar-refractivity contribution in [3.05, 3.63) is 81.7 Å². The third-order valence-electron chi connectivity index (χ3n) is 5.47. The Bertz CT molecular complexity index is 1330. The first-order chi connectivity index (χ1) is 17.0. The van der Waals surface area contributed by atoms with Gasteiger partial charge in [0, 0.05) is 24.4 Å². The highest BCUT2D eigenvalue weighted by Crippen LogP contribution is 2.24. The maximum atomic E-state index is 13.2. The molecule has 9 heteroatoms. The lowest BCUT2D eigenvalue weighted by atomic mass is 10.2. The molecule has 0 atom stereocenters. The number of benzene rings is 2. The van der Waals surface area contributed by atoms with E-state index in [-0.39, 0.29) is 17.3 Å². The number of aromatic nitrogens is 2. The van der Waals surface area contributed by atoms with Crippen molar-refractivity contribution in [2.24, 2.45) is 0 Å². The minimum Gasteiger partial charge on any atom is -0.497 e. The lowest BCUT2D eigenvalue weighted by Gasteiger charge is -2.12. The number of thiophene rings is 1. The van der Waals surface area contributed by atoms with Crippen LogP contribution < -0.4 is 15.6 Å². The second-order valence-corrected chi connectivity index (χ2v) is 9.85. The number of hydrogen-bond acceptors (Lipinski definition) is 6. The summed E-state index contributed by atoms with van der Waals surface area (Å²) in [5.41, 5.74) is 2.36. The van der Waals surface area contributed by atoms with Gasteiger partial charge in [-0.1, -0.05) is 30.3 Å². The summed E-state index contributed by atoms with van der Waals surface area (Å²) in [7, 11) is 1.60. The molecule has 6 nitrogen and oxygen atoms in total. The Morgan fingerprint density at radius 1 is 1.09 bits per heavy atom.